The van der Waals surface area contributed by atoms with E-state index in [-0.39, 0.29) is 12.5 Å². The van der Waals surface area contributed by atoms with Crippen LogP contribution in [0.2, 0.25) is 0 Å². The summed E-state index contributed by atoms with van der Waals surface area (Å²) in [5.74, 6) is 0.944. The van der Waals surface area contributed by atoms with Crippen molar-refractivity contribution < 1.29 is 9.32 Å². The highest BCUT2D eigenvalue weighted by Crippen LogP contribution is 2.24. The third kappa shape index (κ3) is 3.72. The fourth-order valence-electron chi connectivity index (χ4n) is 3.29. The summed E-state index contributed by atoms with van der Waals surface area (Å²) in [6.07, 6.45) is 6.39. The number of halogens is 1. The second kappa shape index (κ2) is 7.45. The lowest BCUT2D eigenvalue weighted by molar-refractivity contribution is -0.122. The van der Waals surface area contributed by atoms with Gasteiger partial charge in [-0.2, -0.15) is 4.98 Å². The number of benzene rings is 1. The maximum atomic E-state index is 12.3. The lowest BCUT2D eigenvalue weighted by Crippen LogP contribution is -2.35. The molecule has 0 spiro atoms. The van der Waals surface area contributed by atoms with E-state index >= 15 is 0 Å². The summed E-state index contributed by atoms with van der Waals surface area (Å²) in [4.78, 5) is 16.8. The molecule has 1 N–H and O–H groups in total. The molecule has 1 aromatic carbocycles. The normalized spacial score (nSPS) is 14.7. The van der Waals surface area contributed by atoms with Crippen LogP contribution in [0.3, 0.4) is 0 Å². The van der Waals surface area contributed by atoms with E-state index in [4.69, 9.17) is 4.52 Å². The van der Waals surface area contributed by atoms with Gasteiger partial charge in [-0.3, -0.25) is 4.79 Å². The molecule has 1 aliphatic rings. The van der Waals surface area contributed by atoms with E-state index in [1.54, 1.807) is 0 Å². The Balaban J connectivity index is 1.49. The smallest absolute Gasteiger partial charge is 0.274 e. The van der Waals surface area contributed by atoms with Crippen LogP contribution in [-0.4, -0.2) is 26.7 Å². The summed E-state index contributed by atoms with van der Waals surface area (Å²) in [5, 5.41) is 7.16. The molecule has 1 aliphatic carbocycles. The molecule has 0 bridgehead atoms. The lowest BCUT2D eigenvalue weighted by atomic mass is 10.2. The Bertz CT molecular complexity index is 894. The molecule has 6 nitrogen and oxygen atoms in total. The first-order valence-electron chi connectivity index (χ1n) is 8.73. The third-order valence-corrected chi connectivity index (χ3v) is 5.14. The second-order valence-electron chi connectivity index (χ2n) is 6.50. The molecule has 1 fully saturated rings. The first-order valence-corrected chi connectivity index (χ1v) is 9.53. The van der Waals surface area contributed by atoms with Gasteiger partial charge in [0.25, 0.3) is 5.89 Å². The van der Waals surface area contributed by atoms with Crippen molar-refractivity contribution in [2.24, 2.45) is 0 Å². The van der Waals surface area contributed by atoms with Crippen molar-refractivity contribution in [3.05, 3.63) is 47.1 Å². The largest absolute Gasteiger partial charge is 0.352 e. The Morgan fingerprint density at radius 2 is 2.00 bits per heavy atom. The predicted molar refractivity (Wildman–Crippen MR) is 101 cm³/mol. The summed E-state index contributed by atoms with van der Waals surface area (Å²) in [6, 6.07) is 11.8. The SMILES string of the molecule is O=C(Cn1cccc1-c1nc(-c2ccc(Br)cc2)no1)NC1CCCC1. The lowest BCUT2D eigenvalue weighted by Gasteiger charge is -2.13. The summed E-state index contributed by atoms with van der Waals surface area (Å²) >= 11 is 3.41. The van der Waals surface area contributed by atoms with E-state index in [0.717, 1.165) is 28.6 Å². The van der Waals surface area contributed by atoms with Gasteiger partial charge >= 0.3 is 0 Å². The number of rotatable bonds is 5. The van der Waals surface area contributed by atoms with Gasteiger partial charge in [0.2, 0.25) is 11.7 Å². The molecular weight excluding hydrogens is 396 g/mol. The molecule has 3 aromatic rings. The van der Waals surface area contributed by atoms with Gasteiger partial charge in [-0.1, -0.05) is 33.9 Å². The van der Waals surface area contributed by atoms with Gasteiger partial charge in [0.15, 0.2) is 0 Å². The molecule has 2 heterocycles. The van der Waals surface area contributed by atoms with E-state index in [2.05, 4.69) is 31.4 Å². The second-order valence-corrected chi connectivity index (χ2v) is 7.42. The van der Waals surface area contributed by atoms with Crippen molar-refractivity contribution in [3.63, 3.8) is 0 Å². The van der Waals surface area contributed by atoms with E-state index in [1.807, 2.05) is 47.2 Å². The van der Waals surface area contributed by atoms with Gasteiger partial charge < -0.3 is 14.4 Å². The average molecular weight is 415 g/mol. The van der Waals surface area contributed by atoms with Crippen LogP contribution in [0.4, 0.5) is 0 Å². The first kappa shape index (κ1) is 17.0. The van der Waals surface area contributed by atoms with Crippen molar-refractivity contribution in [2.45, 2.75) is 38.3 Å². The van der Waals surface area contributed by atoms with Crippen molar-refractivity contribution in [1.29, 1.82) is 0 Å². The van der Waals surface area contributed by atoms with Crippen LogP contribution >= 0.6 is 15.9 Å². The Morgan fingerprint density at radius 3 is 2.77 bits per heavy atom. The van der Waals surface area contributed by atoms with Crippen molar-refractivity contribution in [1.82, 2.24) is 20.0 Å². The quantitative estimate of drug-likeness (QED) is 0.683. The number of nitrogens with one attached hydrogen (secondary N) is 1. The Kier molecular flexibility index (Phi) is 4.88. The van der Waals surface area contributed by atoms with Gasteiger partial charge in [0.05, 0.1) is 0 Å². The molecule has 0 radical (unpaired) electrons. The molecule has 0 atom stereocenters. The highest BCUT2D eigenvalue weighted by Gasteiger charge is 2.19. The maximum absolute atomic E-state index is 12.3. The highest BCUT2D eigenvalue weighted by atomic mass is 79.9. The van der Waals surface area contributed by atoms with Crippen LogP contribution < -0.4 is 5.32 Å². The van der Waals surface area contributed by atoms with Crippen LogP contribution in [-0.2, 0) is 11.3 Å². The summed E-state index contributed by atoms with van der Waals surface area (Å²) < 4.78 is 8.25. The number of nitrogens with zero attached hydrogens (tertiary/aromatic N) is 3. The number of hydrogen-bond donors (Lipinski definition) is 1. The zero-order valence-electron chi connectivity index (χ0n) is 14.2. The molecule has 26 heavy (non-hydrogen) atoms. The van der Waals surface area contributed by atoms with Crippen LogP contribution in [0, 0.1) is 0 Å². The highest BCUT2D eigenvalue weighted by molar-refractivity contribution is 9.10. The number of carbonyl (C=O) groups is 1. The van der Waals surface area contributed by atoms with Gasteiger partial charge in [0, 0.05) is 22.3 Å². The fraction of sp³-hybridized carbons (Fsp3) is 0.316. The van der Waals surface area contributed by atoms with Crippen molar-refractivity contribution >= 4 is 21.8 Å². The zero-order chi connectivity index (χ0) is 17.9. The minimum absolute atomic E-state index is 0.0157. The van der Waals surface area contributed by atoms with Gasteiger partial charge in [-0.25, -0.2) is 0 Å². The molecule has 4 rings (SSSR count). The third-order valence-electron chi connectivity index (χ3n) is 4.61. The van der Waals surface area contributed by atoms with Crippen LogP contribution in [0.15, 0.2) is 51.6 Å². The molecular formula is C19H19BrN4O2. The fourth-order valence-corrected chi connectivity index (χ4v) is 3.55. The maximum Gasteiger partial charge on any atom is 0.274 e. The molecule has 0 saturated heterocycles. The summed E-state index contributed by atoms with van der Waals surface area (Å²) in [6.45, 7) is 0.245. The van der Waals surface area contributed by atoms with Crippen molar-refractivity contribution in [3.8, 4) is 23.0 Å². The molecule has 0 unspecified atom stereocenters. The summed E-state index contributed by atoms with van der Waals surface area (Å²) in [5.41, 5.74) is 1.61. The number of hydrogen-bond acceptors (Lipinski definition) is 4. The molecule has 134 valence electrons. The van der Waals surface area contributed by atoms with E-state index in [9.17, 15) is 4.79 Å². The summed E-state index contributed by atoms with van der Waals surface area (Å²) in [7, 11) is 0. The number of amides is 1. The van der Waals surface area contributed by atoms with E-state index in [0.29, 0.717) is 17.8 Å². The monoisotopic (exact) mass is 414 g/mol. The molecule has 1 amide bonds. The van der Waals surface area contributed by atoms with Crippen LogP contribution in [0.25, 0.3) is 23.0 Å². The van der Waals surface area contributed by atoms with E-state index in [1.165, 1.54) is 12.8 Å². The number of aromatic nitrogens is 3. The molecule has 0 aliphatic heterocycles. The average Bonchev–Trinajstić information content (AvgIpc) is 3.36. The first-order chi connectivity index (χ1) is 12.7. The number of carbonyl (C=O) groups excluding carboxylic acids is 1. The topological polar surface area (TPSA) is 73.0 Å². The molecule has 1 saturated carbocycles. The Labute approximate surface area is 159 Å². The van der Waals surface area contributed by atoms with Crippen LogP contribution in [0.5, 0.6) is 0 Å². The van der Waals surface area contributed by atoms with Gasteiger partial charge in [-0.05, 0) is 49.2 Å². The van der Waals surface area contributed by atoms with E-state index < -0.39 is 0 Å². The van der Waals surface area contributed by atoms with Gasteiger partial charge in [-0.15, -0.1) is 0 Å². The Morgan fingerprint density at radius 1 is 1.23 bits per heavy atom. The minimum Gasteiger partial charge on any atom is -0.352 e. The van der Waals surface area contributed by atoms with Gasteiger partial charge in [0.1, 0.15) is 12.2 Å². The molecule has 2 aromatic heterocycles. The zero-order valence-corrected chi connectivity index (χ0v) is 15.8. The Hall–Kier alpha value is -2.41. The minimum atomic E-state index is 0.0157. The van der Waals surface area contributed by atoms with Crippen molar-refractivity contribution in [2.75, 3.05) is 0 Å². The standard InChI is InChI=1S/C19H19BrN4O2/c20-14-9-7-13(8-10-14)18-22-19(26-23-18)16-6-3-11-24(16)12-17(25)21-15-4-1-2-5-15/h3,6-11,15H,1-2,4-5,12H2,(H,21,25). The predicted octanol–water partition coefficient (Wildman–Crippen LogP) is 4.03. The van der Waals surface area contributed by atoms with Crippen LogP contribution in [0.1, 0.15) is 25.7 Å². The molecule has 7 heteroatoms.